The van der Waals surface area contributed by atoms with Gasteiger partial charge in [-0.15, -0.1) is 0 Å². The van der Waals surface area contributed by atoms with E-state index in [1.54, 1.807) is 30.8 Å². The molecule has 28 heavy (non-hydrogen) atoms. The van der Waals surface area contributed by atoms with E-state index in [9.17, 15) is 14.4 Å². The summed E-state index contributed by atoms with van der Waals surface area (Å²) in [5.74, 6) is 0.0287. The van der Waals surface area contributed by atoms with Crippen LogP contribution in [0.3, 0.4) is 0 Å². The molecule has 0 aromatic heterocycles. The first-order valence-corrected chi connectivity index (χ1v) is 10.6. The number of hydrogen-bond acceptors (Lipinski definition) is 5. The van der Waals surface area contributed by atoms with E-state index in [0.29, 0.717) is 38.3 Å². The van der Waals surface area contributed by atoms with Crippen molar-refractivity contribution in [2.24, 2.45) is 5.92 Å². The third-order valence-corrected chi connectivity index (χ3v) is 6.37. The Balaban J connectivity index is 1.51. The molecule has 0 aromatic carbocycles. The highest BCUT2D eigenvalue weighted by Crippen LogP contribution is 2.35. The Kier molecular flexibility index (Phi) is 6.80. The van der Waals surface area contributed by atoms with Crippen LogP contribution in [0.25, 0.3) is 0 Å². The van der Waals surface area contributed by atoms with Gasteiger partial charge in [0.2, 0.25) is 11.8 Å². The van der Waals surface area contributed by atoms with Gasteiger partial charge < -0.3 is 19.9 Å². The molecule has 3 heterocycles. The molecule has 8 heteroatoms. The average molecular weight is 395 g/mol. The second-order valence-electron chi connectivity index (χ2n) is 8.51. The van der Waals surface area contributed by atoms with E-state index in [4.69, 9.17) is 4.74 Å². The highest BCUT2D eigenvalue weighted by Gasteiger charge is 2.42. The van der Waals surface area contributed by atoms with E-state index in [0.717, 1.165) is 38.5 Å². The number of hydrogen-bond donors (Lipinski definition) is 1. The van der Waals surface area contributed by atoms with E-state index in [2.05, 4.69) is 10.2 Å². The molecule has 3 fully saturated rings. The van der Waals surface area contributed by atoms with Gasteiger partial charge in [-0.2, -0.15) is 0 Å². The van der Waals surface area contributed by atoms with E-state index in [1.807, 2.05) is 0 Å². The molecule has 3 aliphatic rings. The zero-order chi connectivity index (χ0) is 20.3. The summed E-state index contributed by atoms with van der Waals surface area (Å²) in [6, 6.07) is 0.902. The maximum Gasteiger partial charge on any atom is 0.409 e. The van der Waals surface area contributed by atoms with Gasteiger partial charge in [0.1, 0.15) is 0 Å². The maximum atomic E-state index is 12.8. The molecular formula is C20H34N4O4. The summed E-state index contributed by atoms with van der Waals surface area (Å²) >= 11 is 0. The van der Waals surface area contributed by atoms with Crippen molar-refractivity contribution in [2.75, 3.05) is 40.3 Å². The minimum atomic E-state index is -0.322. The standard InChI is InChI=1S/C20H34N4O4/c1-4-28-20(27)23-9-5-6-14(12-23)19(26)21-15-10-16-7-8-17(11-15)24(16)13-18(25)22(2)3/h14-17H,4-13H2,1-3H3,(H,21,26). The molecular weight excluding hydrogens is 360 g/mol. The Morgan fingerprint density at radius 2 is 1.79 bits per heavy atom. The van der Waals surface area contributed by atoms with Crippen molar-refractivity contribution < 1.29 is 19.1 Å². The number of rotatable bonds is 5. The Hall–Kier alpha value is -1.83. The lowest BCUT2D eigenvalue weighted by Gasteiger charge is -2.40. The first kappa shape index (κ1) is 20.9. The molecule has 3 saturated heterocycles. The minimum absolute atomic E-state index is 0.0521. The molecule has 3 aliphatic heterocycles. The average Bonchev–Trinajstić information content (AvgIpc) is 2.90. The number of likely N-dealkylation sites (N-methyl/N-ethyl adjacent to an activating group) is 1. The van der Waals surface area contributed by atoms with Gasteiger partial charge in [0.05, 0.1) is 19.1 Å². The maximum absolute atomic E-state index is 12.8. The van der Waals surface area contributed by atoms with Crippen molar-refractivity contribution in [1.29, 1.82) is 0 Å². The number of amides is 3. The summed E-state index contributed by atoms with van der Waals surface area (Å²) in [7, 11) is 3.59. The minimum Gasteiger partial charge on any atom is -0.450 e. The lowest BCUT2D eigenvalue weighted by molar-refractivity contribution is -0.132. The van der Waals surface area contributed by atoms with Gasteiger partial charge >= 0.3 is 6.09 Å². The highest BCUT2D eigenvalue weighted by atomic mass is 16.6. The first-order chi connectivity index (χ1) is 13.4. The van der Waals surface area contributed by atoms with E-state index >= 15 is 0 Å². The van der Waals surface area contributed by atoms with Crippen LogP contribution in [0.15, 0.2) is 0 Å². The second-order valence-corrected chi connectivity index (χ2v) is 8.51. The second kappa shape index (κ2) is 9.11. The Morgan fingerprint density at radius 3 is 2.39 bits per heavy atom. The van der Waals surface area contributed by atoms with Crippen LogP contribution in [0.4, 0.5) is 4.79 Å². The van der Waals surface area contributed by atoms with Crippen LogP contribution in [0, 0.1) is 5.92 Å². The van der Waals surface area contributed by atoms with Gasteiger partial charge in [-0.05, 0) is 45.4 Å². The fourth-order valence-corrected chi connectivity index (χ4v) is 4.84. The fraction of sp³-hybridized carbons (Fsp3) is 0.850. The van der Waals surface area contributed by atoms with Crippen LogP contribution in [0.2, 0.25) is 0 Å². The molecule has 8 nitrogen and oxygen atoms in total. The SMILES string of the molecule is CCOC(=O)N1CCCC(C(=O)NC2CC3CCC(C2)N3CC(=O)N(C)C)C1. The molecule has 0 aliphatic carbocycles. The molecule has 3 rings (SSSR count). The zero-order valence-electron chi connectivity index (χ0n) is 17.4. The van der Waals surface area contributed by atoms with Crippen LogP contribution in [-0.4, -0.2) is 91.1 Å². The van der Waals surface area contributed by atoms with Crippen molar-refractivity contribution in [1.82, 2.24) is 20.0 Å². The van der Waals surface area contributed by atoms with Crippen molar-refractivity contribution in [3.8, 4) is 0 Å². The van der Waals surface area contributed by atoms with Crippen LogP contribution in [-0.2, 0) is 14.3 Å². The number of fused-ring (bicyclic) bond motifs is 2. The number of piperidine rings is 2. The lowest BCUT2D eigenvalue weighted by atomic mass is 9.94. The van der Waals surface area contributed by atoms with Crippen molar-refractivity contribution in [3.63, 3.8) is 0 Å². The van der Waals surface area contributed by atoms with Gasteiger partial charge in [0.15, 0.2) is 0 Å². The molecule has 3 unspecified atom stereocenters. The number of ether oxygens (including phenoxy) is 1. The number of nitrogens with one attached hydrogen (secondary N) is 1. The summed E-state index contributed by atoms with van der Waals surface area (Å²) in [4.78, 5) is 42.5. The quantitative estimate of drug-likeness (QED) is 0.754. The molecule has 0 saturated carbocycles. The Bertz CT molecular complexity index is 583. The van der Waals surface area contributed by atoms with Gasteiger partial charge in [-0.3, -0.25) is 14.5 Å². The fourth-order valence-electron chi connectivity index (χ4n) is 4.84. The zero-order valence-corrected chi connectivity index (χ0v) is 17.4. The van der Waals surface area contributed by atoms with Gasteiger partial charge in [0.25, 0.3) is 0 Å². The van der Waals surface area contributed by atoms with Crippen LogP contribution < -0.4 is 5.32 Å². The van der Waals surface area contributed by atoms with Crippen molar-refractivity contribution in [3.05, 3.63) is 0 Å². The summed E-state index contributed by atoms with van der Waals surface area (Å²) in [6.45, 7) is 3.71. The summed E-state index contributed by atoms with van der Waals surface area (Å²) in [6.07, 6.45) is 5.30. The molecule has 2 bridgehead atoms. The van der Waals surface area contributed by atoms with Crippen LogP contribution in [0.5, 0.6) is 0 Å². The largest absolute Gasteiger partial charge is 0.450 e. The van der Waals surface area contributed by atoms with Gasteiger partial charge in [0, 0.05) is 45.3 Å². The Labute approximate surface area is 167 Å². The monoisotopic (exact) mass is 394 g/mol. The third kappa shape index (κ3) is 4.77. The summed E-state index contributed by atoms with van der Waals surface area (Å²) in [5.41, 5.74) is 0. The molecule has 3 atom stereocenters. The third-order valence-electron chi connectivity index (χ3n) is 6.37. The predicted octanol–water partition coefficient (Wildman–Crippen LogP) is 1.05. The number of likely N-dealkylation sites (tertiary alicyclic amines) is 1. The van der Waals surface area contributed by atoms with E-state index in [-0.39, 0.29) is 29.9 Å². The molecule has 1 N–H and O–H groups in total. The van der Waals surface area contributed by atoms with Crippen LogP contribution in [0.1, 0.15) is 45.4 Å². The first-order valence-electron chi connectivity index (χ1n) is 10.6. The lowest BCUT2D eigenvalue weighted by Crippen LogP contribution is -2.54. The number of carbonyl (C=O) groups is 3. The molecule has 3 amide bonds. The van der Waals surface area contributed by atoms with E-state index < -0.39 is 0 Å². The normalized spacial score (nSPS) is 30.0. The number of nitrogens with zero attached hydrogens (tertiary/aromatic N) is 3. The van der Waals surface area contributed by atoms with Crippen molar-refractivity contribution >= 4 is 17.9 Å². The highest BCUT2D eigenvalue weighted by molar-refractivity contribution is 5.80. The smallest absolute Gasteiger partial charge is 0.409 e. The van der Waals surface area contributed by atoms with Gasteiger partial charge in [-0.25, -0.2) is 4.79 Å². The van der Waals surface area contributed by atoms with E-state index in [1.165, 1.54) is 0 Å². The molecule has 158 valence electrons. The summed E-state index contributed by atoms with van der Waals surface area (Å²) in [5, 5.41) is 3.24. The summed E-state index contributed by atoms with van der Waals surface area (Å²) < 4.78 is 5.07. The molecule has 0 aromatic rings. The number of carbonyl (C=O) groups excluding carboxylic acids is 3. The molecule has 0 spiro atoms. The van der Waals surface area contributed by atoms with Gasteiger partial charge in [-0.1, -0.05) is 0 Å². The Morgan fingerprint density at radius 1 is 1.11 bits per heavy atom. The van der Waals surface area contributed by atoms with Crippen LogP contribution >= 0.6 is 0 Å². The van der Waals surface area contributed by atoms with Crippen molar-refractivity contribution in [2.45, 2.75) is 63.6 Å². The predicted molar refractivity (Wildman–Crippen MR) is 105 cm³/mol. The topological polar surface area (TPSA) is 82.2 Å². The molecule has 0 radical (unpaired) electrons.